The normalized spacial score (nSPS) is 12.2. The number of hydrogen-bond acceptors (Lipinski definition) is 2. The van der Waals surface area contributed by atoms with Crippen LogP contribution in [0.15, 0.2) is 140 Å². The second kappa shape index (κ2) is 8.30. The zero-order valence-electron chi connectivity index (χ0n) is 23.0. The zero-order valence-corrected chi connectivity index (χ0v) is 23.0. The van der Waals surface area contributed by atoms with Crippen LogP contribution in [0.4, 0.5) is 0 Å². The molecule has 0 unspecified atom stereocenters. The molecule has 5 aromatic carbocycles. The third kappa shape index (κ3) is 2.90. The Kier molecular flexibility index (Phi) is 4.39. The van der Waals surface area contributed by atoms with Crippen LogP contribution in [0.5, 0.6) is 0 Å². The average Bonchev–Trinajstić information content (AvgIpc) is 3.78. The van der Waals surface area contributed by atoms with E-state index in [1.165, 1.54) is 38.1 Å². The van der Waals surface area contributed by atoms with Gasteiger partial charge in [0.2, 0.25) is 0 Å². The summed E-state index contributed by atoms with van der Waals surface area (Å²) in [5.74, 6) is 0. The minimum absolute atomic E-state index is 0.920. The first-order valence-corrected chi connectivity index (χ1v) is 14.5. The van der Waals surface area contributed by atoms with Crippen LogP contribution in [0.2, 0.25) is 0 Å². The van der Waals surface area contributed by atoms with Gasteiger partial charge in [-0.15, -0.1) is 0 Å². The molecule has 0 bridgehead atoms. The molecular formula is C38H23N5. The van der Waals surface area contributed by atoms with E-state index in [-0.39, 0.29) is 0 Å². The van der Waals surface area contributed by atoms with Gasteiger partial charge in [-0.1, -0.05) is 72.8 Å². The van der Waals surface area contributed by atoms with Gasteiger partial charge in [0.15, 0.2) is 0 Å². The molecule has 5 nitrogen and oxygen atoms in total. The lowest BCUT2D eigenvalue weighted by molar-refractivity contribution is 1.15. The molecule has 43 heavy (non-hydrogen) atoms. The Bertz CT molecular complexity index is 2710. The van der Waals surface area contributed by atoms with Gasteiger partial charge in [-0.25, -0.2) is 4.98 Å². The number of para-hydroxylation sites is 3. The van der Waals surface area contributed by atoms with Crippen LogP contribution in [-0.4, -0.2) is 23.5 Å². The van der Waals surface area contributed by atoms with Gasteiger partial charge >= 0.3 is 0 Å². The van der Waals surface area contributed by atoms with Gasteiger partial charge in [-0.3, -0.25) is 9.38 Å². The molecule has 0 N–H and O–H groups in total. The highest BCUT2D eigenvalue weighted by atomic mass is 15.1. The number of benzene rings is 5. The molecule has 0 aliphatic carbocycles. The summed E-state index contributed by atoms with van der Waals surface area (Å²) in [5, 5.41) is 7.05. The number of hydrogen-bond donors (Lipinski definition) is 0. The standard InChI is InChI=1S/C38H23N5/c1-3-10-24(11-4-1)42-31-16-8-7-14-26(31)27-17-18-29-28-19-20-32-33(34-30(15-9-21-39-34)38-40-22-23-41(32)38)35(28)43(37(29)36(27)42)25-12-5-2-6-13-25/h1-23H. The van der Waals surface area contributed by atoms with Crippen molar-refractivity contribution in [1.82, 2.24) is 23.5 Å². The van der Waals surface area contributed by atoms with E-state index in [4.69, 9.17) is 9.97 Å². The Morgan fingerprint density at radius 2 is 1.05 bits per heavy atom. The van der Waals surface area contributed by atoms with E-state index >= 15 is 0 Å². The summed E-state index contributed by atoms with van der Waals surface area (Å²) in [6.07, 6.45) is 5.82. The van der Waals surface area contributed by atoms with Crippen molar-refractivity contribution in [3.63, 3.8) is 0 Å². The number of imidazole rings is 1. The first kappa shape index (κ1) is 22.7. The second-order valence-electron chi connectivity index (χ2n) is 11.1. The van der Waals surface area contributed by atoms with E-state index in [2.05, 4.69) is 135 Å². The first-order valence-electron chi connectivity index (χ1n) is 14.5. The third-order valence-corrected chi connectivity index (χ3v) is 8.92. The molecule has 200 valence electrons. The van der Waals surface area contributed by atoms with Gasteiger partial charge in [0.05, 0.1) is 33.1 Å². The van der Waals surface area contributed by atoms with Crippen molar-refractivity contribution in [2.75, 3.05) is 0 Å². The van der Waals surface area contributed by atoms with Crippen LogP contribution in [0.1, 0.15) is 0 Å². The fourth-order valence-electron chi connectivity index (χ4n) is 7.22. The third-order valence-electron chi connectivity index (χ3n) is 8.92. The molecule has 5 heteroatoms. The smallest absolute Gasteiger partial charge is 0.146 e. The molecule has 0 amide bonds. The van der Waals surface area contributed by atoms with Crippen molar-refractivity contribution in [2.45, 2.75) is 0 Å². The quantitative estimate of drug-likeness (QED) is 0.202. The number of aromatic nitrogens is 5. The Hall–Kier alpha value is -5.94. The number of nitrogens with zero attached hydrogens (tertiary/aromatic N) is 5. The fourth-order valence-corrected chi connectivity index (χ4v) is 7.22. The van der Waals surface area contributed by atoms with Gasteiger partial charge in [0, 0.05) is 62.3 Å². The molecule has 0 atom stereocenters. The first-order chi connectivity index (χ1) is 21.4. The van der Waals surface area contributed by atoms with Crippen LogP contribution in [0, 0.1) is 0 Å². The Labute approximate surface area is 245 Å². The molecule has 0 radical (unpaired) electrons. The lowest BCUT2D eigenvalue weighted by atomic mass is 10.0. The van der Waals surface area contributed by atoms with Crippen molar-refractivity contribution in [2.24, 2.45) is 0 Å². The van der Waals surface area contributed by atoms with Crippen LogP contribution in [0.3, 0.4) is 0 Å². The molecule has 5 aromatic heterocycles. The van der Waals surface area contributed by atoms with E-state index in [1.807, 2.05) is 18.5 Å². The SMILES string of the molecule is c1ccc(-n2c3ccccc3c3ccc4c5ccc6c(c7ncccc7c7nccn67)c5n(-c5ccccc5)c4c32)cc1. The molecule has 0 fully saturated rings. The minimum Gasteiger partial charge on any atom is -0.307 e. The summed E-state index contributed by atoms with van der Waals surface area (Å²) < 4.78 is 7.09. The summed E-state index contributed by atoms with van der Waals surface area (Å²) in [7, 11) is 0. The monoisotopic (exact) mass is 549 g/mol. The van der Waals surface area contributed by atoms with Crippen molar-refractivity contribution < 1.29 is 0 Å². The van der Waals surface area contributed by atoms with Crippen molar-refractivity contribution in [3.05, 3.63) is 140 Å². The Morgan fingerprint density at radius 1 is 0.419 bits per heavy atom. The molecule has 0 aliphatic heterocycles. The second-order valence-corrected chi connectivity index (χ2v) is 11.1. The van der Waals surface area contributed by atoms with Crippen molar-refractivity contribution in [1.29, 1.82) is 0 Å². The number of pyridine rings is 2. The summed E-state index contributed by atoms with van der Waals surface area (Å²) in [5.41, 5.74) is 9.94. The highest BCUT2D eigenvalue weighted by Crippen LogP contribution is 2.44. The summed E-state index contributed by atoms with van der Waals surface area (Å²) >= 11 is 0. The maximum Gasteiger partial charge on any atom is 0.146 e. The molecule has 5 heterocycles. The van der Waals surface area contributed by atoms with Gasteiger partial charge in [0.25, 0.3) is 0 Å². The van der Waals surface area contributed by atoms with Crippen molar-refractivity contribution in [3.8, 4) is 11.4 Å². The summed E-state index contributed by atoms with van der Waals surface area (Å²) in [4.78, 5) is 9.71. The maximum absolute atomic E-state index is 4.98. The summed E-state index contributed by atoms with van der Waals surface area (Å²) in [6, 6.07) is 43.4. The highest BCUT2D eigenvalue weighted by Gasteiger charge is 2.24. The van der Waals surface area contributed by atoms with Gasteiger partial charge < -0.3 is 9.13 Å². The lowest BCUT2D eigenvalue weighted by Crippen LogP contribution is -2.00. The minimum atomic E-state index is 0.920. The number of fused-ring (bicyclic) bond motifs is 14. The molecule has 0 spiro atoms. The van der Waals surface area contributed by atoms with Crippen molar-refractivity contribution >= 4 is 71.1 Å². The van der Waals surface area contributed by atoms with E-state index in [1.54, 1.807) is 0 Å². The van der Waals surface area contributed by atoms with Crippen LogP contribution in [-0.2, 0) is 0 Å². The number of rotatable bonds is 2. The molecule has 0 saturated heterocycles. The van der Waals surface area contributed by atoms with Crippen LogP contribution < -0.4 is 0 Å². The molecular weight excluding hydrogens is 526 g/mol. The predicted octanol–water partition coefficient (Wildman–Crippen LogP) is 9.23. The molecule has 0 saturated carbocycles. The van der Waals surface area contributed by atoms with E-state index in [0.29, 0.717) is 0 Å². The fraction of sp³-hybridized carbons (Fsp3) is 0. The largest absolute Gasteiger partial charge is 0.307 e. The van der Waals surface area contributed by atoms with Gasteiger partial charge in [0.1, 0.15) is 5.65 Å². The molecule has 0 aliphatic rings. The lowest BCUT2D eigenvalue weighted by Gasteiger charge is -2.14. The average molecular weight is 550 g/mol. The van der Waals surface area contributed by atoms with Gasteiger partial charge in [-0.05, 0) is 48.5 Å². The van der Waals surface area contributed by atoms with Gasteiger partial charge in [-0.2, -0.15) is 0 Å². The van der Waals surface area contributed by atoms with E-state index < -0.39 is 0 Å². The Balaban J connectivity index is 1.55. The van der Waals surface area contributed by atoms with E-state index in [9.17, 15) is 0 Å². The highest BCUT2D eigenvalue weighted by molar-refractivity contribution is 6.29. The predicted molar refractivity (Wildman–Crippen MR) is 177 cm³/mol. The molecule has 10 aromatic rings. The topological polar surface area (TPSA) is 40.1 Å². The maximum atomic E-state index is 4.98. The summed E-state index contributed by atoms with van der Waals surface area (Å²) in [6.45, 7) is 0. The van der Waals surface area contributed by atoms with E-state index in [0.717, 1.165) is 44.3 Å². The van der Waals surface area contributed by atoms with Crippen LogP contribution in [0.25, 0.3) is 82.4 Å². The Morgan fingerprint density at radius 3 is 1.86 bits per heavy atom. The van der Waals surface area contributed by atoms with Crippen LogP contribution >= 0.6 is 0 Å². The molecule has 10 rings (SSSR count). The zero-order chi connectivity index (χ0) is 28.1.